The van der Waals surface area contributed by atoms with Crippen LogP contribution in [0.5, 0.6) is 0 Å². The third kappa shape index (κ3) is 2.04. The monoisotopic (exact) mass is 334 g/mol. The number of halogens is 2. The molecule has 2 aromatic carbocycles. The zero-order valence-electron chi connectivity index (χ0n) is 12.9. The lowest BCUT2D eigenvalue weighted by atomic mass is 9.99. The maximum Gasteiger partial charge on any atom is 0.137 e. The van der Waals surface area contributed by atoms with Gasteiger partial charge in [0, 0.05) is 34.6 Å². The molecule has 1 N–H and O–H groups in total. The molecule has 0 amide bonds. The van der Waals surface area contributed by atoms with Crippen LogP contribution in [0.25, 0.3) is 16.8 Å². The van der Waals surface area contributed by atoms with Gasteiger partial charge in [0.25, 0.3) is 0 Å². The molecular formula is C19H12F2N4. The highest BCUT2D eigenvalue weighted by atomic mass is 19.1. The minimum atomic E-state index is -0.596. The number of hydrogen-bond acceptors (Lipinski definition) is 3. The van der Waals surface area contributed by atoms with E-state index in [1.54, 1.807) is 4.52 Å². The van der Waals surface area contributed by atoms with E-state index >= 15 is 0 Å². The van der Waals surface area contributed by atoms with Gasteiger partial charge in [0.05, 0.1) is 11.6 Å². The second-order valence-corrected chi connectivity index (χ2v) is 5.96. The summed E-state index contributed by atoms with van der Waals surface area (Å²) >= 11 is 0. The lowest BCUT2D eigenvalue weighted by molar-refractivity contribution is 0.569. The molecular weight excluding hydrogens is 322 g/mol. The summed E-state index contributed by atoms with van der Waals surface area (Å²) in [6.45, 7) is 0. The van der Waals surface area contributed by atoms with E-state index in [9.17, 15) is 8.78 Å². The molecule has 0 bridgehead atoms. The molecule has 0 fully saturated rings. The highest BCUT2D eigenvalue weighted by Gasteiger charge is 2.28. The zero-order chi connectivity index (χ0) is 17.0. The van der Waals surface area contributed by atoms with Gasteiger partial charge >= 0.3 is 0 Å². The van der Waals surface area contributed by atoms with Crippen LogP contribution in [-0.4, -0.2) is 14.6 Å². The Morgan fingerprint density at radius 1 is 1.00 bits per heavy atom. The molecule has 5 rings (SSSR count). The first kappa shape index (κ1) is 14.1. The summed E-state index contributed by atoms with van der Waals surface area (Å²) < 4.78 is 29.6. The maximum absolute atomic E-state index is 14.5. The van der Waals surface area contributed by atoms with Crippen LogP contribution in [0.1, 0.15) is 17.2 Å². The smallest absolute Gasteiger partial charge is 0.137 e. The summed E-state index contributed by atoms with van der Waals surface area (Å²) in [7, 11) is 0. The summed E-state index contributed by atoms with van der Waals surface area (Å²) in [6, 6.07) is 12.8. The van der Waals surface area contributed by atoms with E-state index < -0.39 is 17.7 Å². The van der Waals surface area contributed by atoms with Crippen molar-refractivity contribution in [2.24, 2.45) is 0 Å². The molecule has 0 saturated carbocycles. The second-order valence-electron chi connectivity index (χ2n) is 5.96. The molecule has 0 radical (unpaired) electrons. The number of benzene rings is 2. The molecule has 1 aliphatic heterocycles. The number of para-hydroxylation sites is 1. The number of nitrogens with zero attached hydrogens (tertiary/aromatic N) is 3. The number of aromatic nitrogens is 3. The van der Waals surface area contributed by atoms with E-state index in [0.29, 0.717) is 5.56 Å². The zero-order valence-corrected chi connectivity index (χ0v) is 12.9. The van der Waals surface area contributed by atoms with Gasteiger partial charge in [-0.15, -0.1) is 0 Å². The Balaban J connectivity index is 1.85. The number of rotatable bonds is 1. The molecule has 25 heavy (non-hydrogen) atoms. The summed E-state index contributed by atoms with van der Waals surface area (Å²) in [4.78, 5) is 4.45. The van der Waals surface area contributed by atoms with E-state index in [1.165, 1.54) is 18.5 Å². The molecule has 1 atom stereocenters. The van der Waals surface area contributed by atoms with E-state index in [-0.39, 0.29) is 0 Å². The molecule has 0 spiro atoms. The van der Waals surface area contributed by atoms with Crippen molar-refractivity contribution in [3.8, 4) is 11.3 Å². The molecule has 1 aliphatic rings. The Hall–Kier alpha value is -3.28. The Morgan fingerprint density at radius 3 is 2.76 bits per heavy atom. The van der Waals surface area contributed by atoms with Crippen molar-refractivity contribution in [2.45, 2.75) is 6.04 Å². The number of fused-ring (bicyclic) bond motifs is 2. The molecule has 4 aromatic rings. The molecule has 0 saturated heterocycles. The fourth-order valence-corrected chi connectivity index (χ4v) is 3.44. The van der Waals surface area contributed by atoms with Gasteiger partial charge in [0.1, 0.15) is 23.7 Å². The lowest BCUT2D eigenvalue weighted by Gasteiger charge is -2.20. The van der Waals surface area contributed by atoms with Gasteiger partial charge < -0.3 is 5.32 Å². The lowest BCUT2D eigenvalue weighted by Crippen LogP contribution is -2.13. The van der Waals surface area contributed by atoms with Gasteiger partial charge in [-0.1, -0.05) is 24.3 Å². The normalized spacial score (nSPS) is 15.5. The Labute approximate surface area is 141 Å². The quantitative estimate of drug-likeness (QED) is 0.567. The van der Waals surface area contributed by atoms with Gasteiger partial charge in [0.15, 0.2) is 0 Å². The van der Waals surface area contributed by atoms with Gasteiger partial charge in [-0.2, -0.15) is 5.10 Å². The number of nitrogens with one attached hydrogen (secondary N) is 1. The van der Waals surface area contributed by atoms with Crippen molar-refractivity contribution in [2.75, 3.05) is 5.32 Å². The molecule has 6 heteroatoms. The molecule has 122 valence electrons. The first-order valence-electron chi connectivity index (χ1n) is 7.85. The van der Waals surface area contributed by atoms with Crippen LogP contribution in [0, 0.1) is 11.6 Å². The number of anilines is 1. The van der Waals surface area contributed by atoms with Crippen LogP contribution in [0.2, 0.25) is 0 Å². The minimum absolute atomic E-state index is 0.376. The molecule has 2 aromatic heterocycles. The van der Waals surface area contributed by atoms with Crippen LogP contribution in [0.15, 0.2) is 61.1 Å². The summed E-state index contributed by atoms with van der Waals surface area (Å²) in [5.74, 6) is -1.18. The second kappa shape index (κ2) is 5.11. The third-order valence-corrected chi connectivity index (χ3v) is 4.55. The van der Waals surface area contributed by atoms with Crippen molar-refractivity contribution >= 4 is 11.2 Å². The fourth-order valence-electron chi connectivity index (χ4n) is 3.44. The van der Waals surface area contributed by atoms with Crippen molar-refractivity contribution in [3.63, 3.8) is 0 Å². The molecule has 3 heterocycles. The molecule has 0 aliphatic carbocycles. The predicted molar refractivity (Wildman–Crippen MR) is 90.2 cm³/mol. The first-order chi connectivity index (χ1) is 12.2. The van der Waals surface area contributed by atoms with Gasteiger partial charge in [-0.3, -0.25) is 0 Å². The largest absolute Gasteiger partial charge is 0.373 e. The molecule has 4 nitrogen and oxygen atoms in total. The van der Waals surface area contributed by atoms with E-state index in [2.05, 4.69) is 15.4 Å². The minimum Gasteiger partial charge on any atom is -0.373 e. The van der Waals surface area contributed by atoms with E-state index in [4.69, 9.17) is 0 Å². The standard InChI is InChI=1S/C19H12F2N4/c20-11-5-6-12(15(21)9-11)17-14-7-8-25-19(14)18(22-10-23-25)13-3-1-2-4-16(13)24-17/h1-10,17,24H. The highest BCUT2D eigenvalue weighted by Crippen LogP contribution is 2.41. The van der Waals surface area contributed by atoms with Crippen molar-refractivity contribution in [1.82, 2.24) is 14.6 Å². The van der Waals surface area contributed by atoms with Crippen LogP contribution in [0.3, 0.4) is 0 Å². The summed E-state index contributed by atoms with van der Waals surface area (Å²) in [5, 5.41) is 7.63. The molecule has 1 unspecified atom stereocenters. The van der Waals surface area contributed by atoms with Gasteiger partial charge in [-0.05, 0) is 18.2 Å². The Bertz CT molecular complexity index is 1120. The van der Waals surface area contributed by atoms with E-state index in [1.807, 2.05) is 36.5 Å². The van der Waals surface area contributed by atoms with Gasteiger partial charge in [-0.25, -0.2) is 18.3 Å². The highest BCUT2D eigenvalue weighted by molar-refractivity contribution is 5.89. The first-order valence-corrected chi connectivity index (χ1v) is 7.85. The van der Waals surface area contributed by atoms with Crippen molar-refractivity contribution in [3.05, 3.63) is 83.8 Å². The van der Waals surface area contributed by atoms with Gasteiger partial charge in [0.2, 0.25) is 0 Å². The van der Waals surface area contributed by atoms with E-state index in [0.717, 1.165) is 34.1 Å². The average Bonchev–Trinajstić information content (AvgIpc) is 2.98. The van der Waals surface area contributed by atoms with Crippen molar-refractivity contribution < 1.29 is 8.78 Å². The van der Waals surface area contributed by atoms with Crippen LogP contribution in [0.4, 0.5) is 14.5 Å². The SMILES string of the molecule is Fc1ccc(C2Nc3ccccc3-c3ncnn4ccc2c34)c(F)c1. The Kier molecular flexibility index (Phi) is 2.88. The average molecular weight is 334 g/mol. The summed E-state index contributed by atoms with van der Waals surface area (Å²) in [5.41, 5.74) is 4.57. The number of hydrogen-bond donors (Lipinski definition) is 1. The summed E-state index contributed by atoms with van der Waals surface area (Å²) in [6.07, 6.45) is 3.32. The van der Waals surface area contributed by atoms with Crippen LogP contribution in [-0.2, 0) is 0 Å². The van der Waals surface area contributed by atoms with Crippen molar-refractivity contribution in [1.29, 1.82) is 0 Å². The topological polar surface area (TPSA) is 42.2 Å². The van der Waals surface area contributed by atoms with Crippen LogP contribution < -0.4 is 5.32 Å². The maximum atomic E-state index is 14.5. The fraction of sp³-hybridized carbons (Fsp3) is 0.0526. The van der Waals surface area contributed by atoms with Crippen LogP contribution >= 0.6 is 0 Å². The predicted octanol–water partition coefficient (Wildman–Crippen LogP) is 4.19. The Morgan fingerprint density at radius 2 is 1.88 bits per heavy atom. The third-order valence-electron chi connectivity index (χ3n) is 4.55.